The number of amides is 3. The average Bonchev–Trinajstić information content (AvgIpc) is 2.93. The number of benzene rings is 3. The molecule has 0 bridgehead atoms. The van der Waals surface area contributed by atoms with Crippen LogP contribution in [0.1, 0.15) is 31.1 Å². The minimum absolute atomic E-state index is 0.276. The van der Waals surface area contributed by atoms with Crippen molar-refractivity contribution in [2.75, 3.05) is 10.2 Å². The highest BCUT2D eigenvalue weighted by Gasteiger charge is 2.36. The summed E-state index contributed by atoms with van der Waals surface area (Å²) in [6.07, 6.45) is 0. The van der Waals surface area contributed by atoms with Crippen LogP contribution >= 0.6 is 15.9 Å². The zero-order chi connectivity index (χ0) is 19.0. The Morgan fingerprint density at radius 1 is 0.815 bits per heavy atom. The Balaban J connectivity index is 1.60. The predicted molar refractivity (Wildman–Crippen MR) is 106 cm³/mol. The number of hydrogen-bond donors (Lipinski definition) is 1. The lowest BCUT2D eigenvalue weighted by Gasteiger charge is -2.15. The summed E-state index contributed by atoms with van der Waals surface area (Å²) in [4.78, 5) is 38.7. The number of hydrogen-bond acceptors (Lipinski definition) is 3. The summed E-state index contributed by atoms with van der Waals surface area (Å²) < 4.78 is 0.881. The van der Waals surface area contributed by atoms with Crippen LogP contribution in [0.25, 0.3) is 0 Å². The predicted octanol–water partition coefficient (Wildman–Crippen LogP) is 4.50. The van der Waals surface area contributed by atoms with Gasteiger partial charge in [0.1, 0.15) is 0 Å². The van der Waals surface area contributed by atoms with Crippen molar-refractivity contribution in [3.05, 3.63) is 94.0 Å². The molecule has 0 aromatic heterocycles. The molecule has 0 spiro atoms. The van der Waals surface area contributed by atoms with E-state index in [2.05, 4.69) is 21.2 Å². The van der Waals surface area contributed by atoms with Crippen LogP contribution in [0.15, 0.2) is 77.3 Å². The van der Waals surface area contributed by atoms with Crippen molar-refractivity contribution in [2.24, 2.45) is 0 Å². The lowest BCUT2D eigenvalue weighted by Crippen LogP contribution is -2.29. The Hall–Kier alpha value is -3.25. The van der Waals surface area contributed by atoms with Crippen LogP contribution in [-0.2, 0) is 0 Å². The van der Waals surface area contributed by atoms with E-state index in [4.69, 9.17) is 0 Å². The number of rotatable bonds is 3. The van der Waals surface area contributed by atoms with Crippen LogP contribution in [0.4, 0.5) is 11.4 Å². The molecular formula is C21H13BrN2O3. The first kappa shape index (κ1) is 17.2. The van der Waals surface area contributed by atoms with Gasteiger partial charge in [-0.2, -0.15) is 0 Å². The fourth-order valence-electron chi connectivity index (χ4n) is 2.95. The molecule has 1 aliphatic heterocycles. The molecule has 5 nitrogen and oxygen atoms in total. The number of carbonyl (C=O) groups is 3. The highest BCUT2D eigenvalue weighted by Crippen LogP contribution is 2.29. The van der Waals surface area contributed by atoms with Gasteiger partial charge in [0.05, 0.1) is 16.8 Å². The van der Waals surface area contributed by atoms with Gasteiger partial charge >= 0.3 is 0 Å². The van der Waals surface area contributed by atoms with Gasteiger partial charge in [-0.3, -0.25) is 14.4 Å². The third-order valence-electron chi connectivity index (χ3n) is 4.26. The third kappa shape index (κ3) is 3.15. The van der Waals surface area contributed by atoms with E-state index in [1.165, 1.54) is 0 Å². The van der Waals surface area contributed by atoms with Crippen molar-refractivity contribution < 1.29 is 14.4 Å². The van der Waals surface area contributed by atoms with Crippen molar-refractivity contribution in [1.29, 1.82) is 0 Å². The third-order valence-corrected chi connectivity index (χ3v) is 4.79. The van der Waals surface area contributed by atoms with Gasteiger partial charge in [-0.15, -0.1) is 0 Å². The van der Waals surface area contributed by atoms with Gasteiger partial charge in [0.2, 0.25) is 0 Å². The zero-order valence-corrected chi connectivity index (χ0v) is 15.6. The molecule has 0 aliphatic carbocycles. The first-order chi connectivity index (χ1) is 13.0. The molecule has 0 atom stereocenters. The molecule has 3 amide bonds. The van der Waals surface area contributed by atoms with E-state index in [0.29, 0.717) is 28.1 Å². The molecule has 1 N–H and O–H groups in total. The Labute approximate surface area is 163 Å². The van der Waals surface area contributed by atoms with Crippen LogP contribution in [-0.4, -0.2) is 17.7 Å². The van der Waals surface area contributed by atoms with Crippen molar-refractivity contribution in [1.82, 2.24) is 0 Å². The van der Waals surface area contributed by atoms with Gasteiger partial charge in [0.25, 0.3) is 17.7 Å². The largest absolute Gasteiger partial charge is 0.322 e. The fourth-order valence-corrected chi connectivity index (χ4v) is 3.22. The van der Waals surface area contributed by atoms with Crippen molar-refractivity contribution in [2.45, 2.75) is 0 Å². The molecule has 27 heavy (non-hydrogen) atoms. The SMILES string of the molecule is O=C(Nc1cccc(N2C(=O)c3ccccc3C2=O)c1)c1ccc(Br)cc1. The quantitative estimate of drug-likeness (QED) is 0.634. The molecule has 1 heterocycles. The zero-order valence-electron chi connectivity index (χ0n) is 14.0. The summed E-state index contributed by atoms with van der Waals surface area (Å²) >= 11 is 3.33. The minimum Gasteiger partial charge on any atom is -0.322 e. The summed E-state index contributed by atoms with van der Waals surface area (Å²) in [7, 11) is 0. The molecule has 0 saturated heterocycles. The summed E-state index contributed by atoms with van der Waals surface area (Å²) in [5.41, 5.74) is 2.18. The molecule has 3 aromatic rings. The van der Waals surface area contributed by atoms with E-state index in [9.17, 15) is 14.4 Å². The standard InChI is InChI=1S/C21H13BrN2O3/c22-14-10-8-13(9-11-14)19(25)23-15-4-3-5-16(12-15)24-20(26)17-6-1-2-7-18(17)21(24)27/h1-12H,(H,23,25). The molecule has 0 unspecified atom stereocenters. The summed E-state index contributed by atoms with van der Waals surface area (Å²) in [6, 6.07) is 20.4. The number of nitrogens with one attached hydrogen (secondary N) is 1. The van der Waals surface area contributed by atoms with E-state index in [1.54, 1.807) is 72.8 Å². The monoisotopic (exact) mass is 420 g/mol. The second kappa shape index (κ2) is 6.81. The average molecular weight is 421 g/mol. The summed E-state index contributed by atoms with van der Waals surface area (Å²) in [5.74, 6) is -1.01. The minimum atomic E-state index is -0.369. The number of nitrogens with zero attached hydrogens (tertiary/aromatic N) is 1. The first-order valence-electron chi connectivity index (χ1n) is 8.19. The number of imide groups is 1. The maximum atomic E-state index is 12.6. The van der Waals surface area contributed by atoms with E-state index in [0.717, 1.165) is 9.37 Å². The Kier molecular flexibility index (Phi) is 4.33. The molecule has 4 rings (SSSR count). The van der Waals surface area contributed by atoms with Gasteiger partial charge in [-0.1, -0.05) is 34.1 Å². The molecule has 0 saturated carbocycles. The molecule has 0 fully saturated rings. The van der Waals surface area contributed by atoms with Crippen LogP contribution in [0.2, 0.25) is 0 Å². The van der Waals surface area contributed by atoms with Crippen molar-refractivity contribution in [3.63, 3.8) is 0 Å². The normalized spacial score (nSPS) is 12.9. The number of fused-ring (bicyclic) bond motifs is 1. The van der Waals surface area contributed by atoms with Gasteiger partial charge < -0.3 is 5.32 Å². The maximum Gasteiger partial charge on any atom is 0.266 e. The lowest BCUT2D eigenvalue weighted by atomic mass is 10.1. The van der Waals surface area contributed by atoms with Crippen molar-refractivity contribution in [3.8, 4) is 0 Å². The number of anilines is 2. The first-order valence-corrected chi connectivity index (χ1v) is 8.99. The second-order valence-corrected chi connectivity index (χ2v) is 6.92. The maximum absolute atomic E-state index is 12.6. The molecular weight excluding hydrogens is 408 g/mol. The van der Waals surface area contributed by atoms with Gasteiger partial charge in [0.15, 0.2) is 0 Å². The van der Waals surface area contributed by atoms with Gasteiger partial charge in [-0.05, 0) is 54.6 Å². The summed E-state index contributed by atoms with van der Waals surface area (Å²) in [6.45, 7) is 0. The van der Waals surface area contributed by atoms with Crippen LogP contribution in [0.5, 0.6) is 0 Å². The Morgan fingerprint density at radius 2 is 1.44 bits per heavy atom. The Bertz CT molecular complexity index is 1040. The van der Waals surface area contributed by atoms with E-state index < -0.39 is 0 Å². The van der Waals surface area contributed by atoms with E-state index in [-0.39, 0.29) is 17.7 Å². The van der Waals surface area contributed by atoms with Crippen LogP contribution < -0.4 is 10.2 Å². The summed E-state index contributed by atoms with van der Waals surface area (Å²) in [5, 5.41) is 2.79. The van der Waals surface area contributed by atoms with Crippen LogP contribution in [0.3, 0.4) is 0 Å². The number of halogens is 1. The molecule has 6 heteroatoms. The van der Waals surface area contributed by atoms with Crippen LogP contribution in [0, 0.1) is 0 Å². The fraction of sp³-hybridized carbons (Fsp3) is 0. The van der Waals surface area contributed by atoms with E-state index >= 15 is 0 Å². The smallest absolute Gasteiger partial charge is 0.266 e. The molecule has 0 radical (unpaired) electrons. The molecule has 3 aromatic carbocycles. The number of carbonyl (C=O) groups excluding carboxylic acids is 3. The topological polar surface area (TPSA) is 66.5 Å². The van der Waals surface area contributed by atoms with E-state index in [1.807, 2.05) is 0 Å². The Morgan fingerprint density at radius 3 is 2.07 bits per heavy atom. The van der Waals surface area contributed by atoms with Gasteiger partial charge in [0, 0.05) is 15.7 Å². The van der Waals surface area contributed by atoms with Crippen molar-refractivity contribution >= 4 is 45.0 Å². The highest BCUT2D eigenvalue weighted by molar-refractivity contribution is 9.10. The lowest BCUT2D eigenvalue weighted by molar-refractivity contribution is 0.0925. The molecule has 132 valence electrons. The highest BCUT2D eigenvalue weighted by atomic mass is 79.9. The second-order valence-electron chi connectivity index (χ2n) is 6.00. The van der Waals surface area contributed by atoms with Gasteiger partial charge in [-0.25, -0.2) is 4.90 Å². The molecule has 1 aliphatic rings.